The Balaban J connectivity index is 1.59. The van der Waals surface area contributed by atoms with E-state index in [1.807, 2.05) is 71.2 Å². The average molecular weight is 443 g/mol. The van der Waals surface area contributed by atoms with Gasteiger partial charge in [0.2, 0.25) is 0 Å². The summed E-state index contributed by atoms with van der Waals surface area (Å²) in [6.07, 6.45) is 4.03. The summed E-state index contributed by atoms with van der Waals surface area (Å²) in [7, 11) is 0. The molecule has 2 aromatic heterocycles. The van der Waals surface area contributed by atoms with Gasteiger partial charge in [-0.25, -0.2) is 9.50 Å². The van der Waals surface area contributed by atoms with Crippen molar-refractivity contribution in [2.75, 3.05) is 5.73 Å². The van der Waals surface area contributed by atoms with E-state index < -0.39 is 0 Å². The van der Waals surface area contributed by atoms with Crippen LogP contribution in [0.1, 0.15) is 23.2 Å². The summed E-state index contributed by atoms with van der Waals surface area (Å²) in [4.78, 5) is 5.05. The second-order valence-electron chi connectivity index (χ2n) is 8.24. The van der Waals surface area contributed by atoms with E-state index in [1.165, 1.54) is 11.1 Å². The van der Waals surface area contributed by atoms with Crippen molar-refractivity contribution < 1.29 is 0 Å². The summed E-state index contributed by atoms with van der Waals surface area (Å²) in [5, 5.41) is 13.5. The first-order valence-corrected chi connectivity index (χ1v) is 11.3. The zero-order valence-electron chi connectivity index (χ0n) is 18.5. The molecule has 164 valence electrons. The van der Waals surface area contributed by atoms with E-state index >= 15 is 0 Å². The predicted octanol–water partition coefficient (Wildman–Crippen LogP) is 6.88. The standard InChI is InChI=1S/C28H22N6/c29-27-25(32-31-22-14-8-3-9-15-22)28-30-24-21(18-19-10-4-1-5-11-19)16-17-23(24)26(34(28)33-27)20-12-6-2-7-13-20/h1-15,18H,16-17H2,(H2,29,33)/b21-18-,32-31?. The molecule has 6 heteroatoms. The van der Waals surface area contributed by atoms with Crippen LogP contribution in [0.3, 0.4) is 0 Å². The lowest BCUT2D eigenvalue weighted by atomic mass is 10.0. The van der Waals surface area contributed by atoms with Crippen molar-refractivity contribution >= 4 is 34.5 Å². The van der Waals surface area contributed by atoms with Crippen molar-refractivity contribution in [1.29, 1.82) is 0 Å². The lowest BCUT2D eigenvalue weighted by Gasteiger charge is -2.11. The first-order chi connectivity index (χ1) is 16.8. The molecule has 6 rings (SSSR count). The van der Waals surface area contributed by atoms with Crippen LogP contribution in [0.5, 0.6) is 0 Å². The highest BCUT2D eigenvalue weighted by atomic mass is 15.3. The Labute approximate surface area is 197 Å². The van der Waals surface area contributed by atoms with Gasteiger partial charge in [0.15, 0.2) is 17.2 Å². The number of nitrogens with two attached hydrogens (primary N) is 1. The SMILES string of the molecule is Nc1nn2c(-c3ccccc3)c3c(nc2c1N=Nc1ccccc1)/C(=C\c1ccccc1)CC3. The molecule has 1 aliphatic rings. The highest BCUT2D eigenvalue weighted by Crippen LogP contribution is 2.41. The molecule has 2 N–H and O–H groups in total. The van der Waals surface area contributed by atoms with Gasteiger partial charge in [0.05, 0.1) is 17.1 Å². The molecular weight excluding hydrogens is 420 g/mol. The van der Waals surface area contributed by atoms with E-state index in [9.17, 15) is 0 Å². The molecule has 5 aromatic rings. The zero-order valence-corrected chi connectivity index (χ0v) is 18.5. The van der Waals surface area contributed by atoms with Crippen molar-refractivity contribution in [2.24, 2.45) is 10.2 Å². The second kappa shape index (κ2) is 8.41. The number of anilines is 1. The number of azo groups is 1. The minimum Gasteiger partial charge on any atom is -0.380 e. The highest BCUT2D eigenvalue weighted by Gasteiger charge is 2.27. The molecule has 3 aromatic carbocycles. The maximum Gasteiger partial charge on any atom is 0.186 e. The van der Waals surface area contributed by atoms with E-state index in [0.29, 0.717) is 17.2 Å². The Morgan fingerprint density at radius 1 is 0.794 bits per heavy atom. The maximum absolute atomic E-state index is 6.34. The van der Waals surface area contributed by atoms with Crippen molar-refractivity contribution in [1.82, 2.24) is 14.6 Å². The van der Waals surface area contributed by atoms with Crippen molar-refractivity contribution in [2.45, 2.75) is 12.8 Å². The van der Waals surface area contributed by atoms with E-state index in [0.717, 1.165) is 41.0 Å². The minimum atomic E-state index is 0.307. The van der Waals surface area contributed by atoms with Crippen molar-refractivity contribution in [3.05, 3.63) is 108 Å². The first kappa shape index (κ1) is 20.1. The van der Waals surface area contributed by atoms with Crippen LogP contribution in [0.4, 0.5) is 17.2 Å². The monoisotopic (exact) mass is 442 g/mol. The van der Waals surface area contributed by atoms with Crippen LogP contribution in [0, 0.1) is 0 Å². The molecule has 0 amide bonds. The topological polar surface area (TPSA) is 80.9 Å². The molecule has 0 saturated carbocycles. The van der Waals surface area contributed by atoms with Gasteiger partial charge in [-0.05, 0) is 42.2 Å². The van der Waals surface area contributed by atoms with Crippen LogP contribution in [0.2, 0.25) is 0 Å². The minimum absolute atomic E-state index is 0.307. The van der Waals surface area contributed by atoms with Gasteiger partial charge in [0, 0.05) is 11.1 Å². The quantitative estimate of drug-likeness (QED) is 0.308. The molecule has 0 saturated heterocycles. The number of allylic oxidation sites excluding steroid dienone is 1. The predicted molar refractivity (Wildman–Crippen MR) is 136 cm³/mol. The van der Waals surface area contributed by atoms with Crippen LogP contribution < -0.4 is 5.73 Å². The normalized spacial score (nSPS) is 14.3. The summed E-state index contributed by atoms with van der Waals surface area (Å²) in [6.45, 7) is 0. The maximum atomic E-state index is 6.34. The second-order valence-corrected chi connectivity index (χ2v) is 8.24. The number of rotatable bonds is 4. The van der Waals surface area contributed by atoms with Gasteiger partial charge in [-0.15, -0.1) is 10.2 Å². The third kappa shape index (κ3) is 3.55. The Morgan fingerprint density at radius 3 is 2.21 bits per heavy atom. The zero-order chi connectivity index (χ0) is 22.9. The van der Waals surface area contributed by atoms with Gasteiger partial charge in [0.25, 0.3) is 0 Å². The largest absolute Gasteiger partial charge is 0.380 e. The molecule has 1 aliphatic carbocycles. The molecule has 0 aliphatic heterocycles. The number of hydrogen-bond acceptors (Lipinski definition) is 5. The van der Waals surface area contributed by atoms with E-state index in [1.54, 1.807) is 0 Å². The molecule has 0 unspecified atom stereocenters. The molecule has 2 heterocycles. The van der Waals surface area contributed by atoms with E-state index in [-0.39, 0.29) is 0 Å². The fraction of sp³-hybridized carbons (Fsp3) is 0.0714. The highest BCUT2D eigenvalue weighted by molar-refractivity contribution is 5.89. The van der Waals surface area contributed by atoms with Crippen LogP contribution in [-0.4, -0.2) is 14.6 Å². The van der Waals surface area contributed by atoms with Gasteiger partial charge in [-0.3, -0.25) is 0 Å². The molecule has 0 spiro atoms. The summed E-state index contributed by atoms with van der Waals surface area (Å²) in [6, 6.07) is 30.2. The van der Waals surface area contributed by atoms with Crippen molar-refractivity contribution in [3.63, 3.8) is 0 Å². The van der Waals surface area contributed by atoms with E-state index in [4.69, 9.17) is 10.7 Å². The fourth-order valence-electron chi connectivity index (χ4n) is 4.45. The average Bonchev–Trinajstić information content (AvgIpc) is 3.42. The molecule has 0 fully saturated rings. The molecule has 34 heavy (non-hydrogen) atoms. The van der Waals surface area contributed by atoms with E-state index in [2.05, 4.69) is 45.7 Å². The van der Waals surface area contributed by atoms with Gasteiger partial charge >= 0.3 is 0 Å². The van der Waals surface area contributed by atoms with Crippen LogP contribution >= 0.6 is 0 Å². The summed E-state index contributed by atoms with van der Waals surface area (Å²) >= 11 is 0. The van der Waals surface area contributed by atoms with Gasteiger partial charge in [0.1, 0.15) is 0 Å². The fourth-order valence-corrected chi connectivity index (χ4v) is 4.45. The molecular formula is C28H22N6. The summed E-state index contributed by atoms with van der Waals surface area (Å²) in [5.41, 5.74) is 14.8. The number of fused-ring (bicyclic) bond motifs is 2. The Morgan fingerprint density at radius 2 is 1.47 bits per heavy atom. The number of nitrogens with zero attached hydrogens (tertiary/aromatic N) is 5. The molecule has 0 atom stereocenters. The van der Waals surface area contributed by atoms with Crippen LogP contribution in [0.25, 0.3) is 28.6 Å². The van der Waals surface area contributed by atoms with Gasteiger partial charge in [-0.2, -0.15) is 5.11 Å². The van der Waals surface area contributed by atoms with Gasteiger partial charge < -0.3 is 5.73 Å². The van der Waals surface area contributed by atoms with Crippen LogP contribution in [0.15, 0.2) is 101 Å². The first-order valence-electron chi connectivity index (χ1n) is 11.3. The molecule has 0 bridgehead atoms. The summed E-state index contributed by atoms with van der Waals surface area (Å²) < 4.78 is 1.83. The number of hydrogen-bond donors (Lipinski definition) is 1. The Hall–Kier alpha value is -4.58. The number of nitrogen functional groups attached to an aromatic ring is 1. The third-order valence-corrected chi connectivity index (χ3v) is 6.02. The number of benzene rings is 3. The van der Waals surface area contributed by atoms with Crippen LogP contribution in [-0.2, 0) is 6.42 Å². The van der Waals surface area contributed by atoms with Gasteiger partial charge in [-0.1, -0.05) is 78.9 Å². The molecule has 0 radical (unpaired) electrons. The Kier molecular flexibility index (Phi) is 4.96. The third-order valence-electron chi connectivity index (χ3n) is 6.02. The lowest BCUT2D eigenvalue weighted by Crippen LogP contribution is -2.03. The van der Waals surface area contributed by atoms with Crippen molar-refractivity contribution in [3.8, 4) is 11.3 Å². The molecule has 6 nitrogen and oxygen atoms in total. The smallest absolute Gasteiger partial charge is 0.186 e. The lowest BCUT2D eigenvalue weighted by molar-refractivity contribution is 0.928. The number of aromatic nitrogens is 3. The Bertz CT molecular complexity index is 1530. The summed E-state index contributed by atoms with van der Waals surface area (Å²) in [5.74, 6) is 0.307.